The van der Waals surface area contributed by atoms with Crippen molar-refractivity contribution in [3.8, 4) is 0 Å². The van der Waals surface area contributed by atoms with Crippen molar-refractivity contribution in [3.05, 3.63) is 59.4 Å². The SMILES string of the molecule is CCc1ccc(CC(CSc2cccc(C)c2)NN)nc1. The van der Waals surface area contributed by atoms with Crippen molar-refractivity contribution in [2.45, 2.75) is 37.6 Å². The molecule has 4 heteroatoms. The number of thioether (sulfide) groups is 1. The normalized spacial score (nSPS) is 12.3. The molecule has 0 spiro atoms. The number of nitrogens with two attached hydrogens (primary N) is 1. The third kappa shape index (κ3) is 5.16. The second-order valence-corrected chi connectivity index (χ2v) is 6.30. The highest BCUT2D eigenvalue weighted by molar-refractivity contribution is 7.99. The maximum atomic E-state index is 5.68. The first-order valence-electron chi connectivity index (χ1n) is 7.30. The number of pyridine rings is 1. The van der Waals surface area contributed by atoms with E-state index < -0.39 is 0 Å². The Morgan fingerprint density at radius 3 is 2.76 bits per heavy atom. The maximum Gasteiger partial charge on any atom is 0.0420 e. The highest BCUT2D eigenvalue weighted by Gasteiger charge is 2.09. The van der Waals surface area contributed by atoms with Crippen molar-refractivity contribution in [2.24, 2.45) is 5.84 Å². The number of benzene rings is 1. The summed E-state index contributed by atoms with van der Waals surface area (Å²) in [7, 11) is 0. The minimum Gasteiger partial charge on any atom is -0.271 e. The molecule has 1 aromatic carbocycles. The number of nitrogens with zero attached hydrogens (tertiary/aromatic N) is 1. The van der Waals surface area contributed by atoms with Gasteiger partial charge in [0.1, 0.15) is 0 Å². The van der Waals surface area contributed by atoms with Crippen LogP contribution < -0.4 is 11.3 Å². The second kappa shape index (κ2) is 8.17. The predicted octanol–water partition coefficient (Wildman–Crippen LogP) is 3.12. The molecule has 0 saturated heterocycles. The molecule has 1 atom stereocenters. The van der Waals surface area contributed by atoms with Crippen LogP contribution in [0.2, 0.25) is 0 Å². The van der Waals surface area contributed by atoms with E-state index in [4.69, 9.17) is 5.84 Å². The van der Waals surface area contributed by atoms with E-state index in [9.17, 15) is 0 Å². The molecular weight excluding hydrogens is 278 g/mol. The van der Waals surface area contributed by atoms with E-state index in [0.717, 1.165) is 24.3 Å². The predicted molar refractivity (Wildman–Crippen MR) is 90.3 cm³/mol. The lowest BCUT2D eigenvalue weighted by atomic mass is 10.1. The first kappa shape index (κ1) is 16.0. The summed E-state index contributed by atoms with van der Waals surface area (Å²) in [6.07, 6.45) is 3.82. The van der Waals surface area contributed by atoms with E-state index in [2.05, 4.69) is 60.7 Å². The van der Waals surface area contributed by atoms with Crippen molar-refractivity contribution in [1.82, 2.24) is 10.4 Å². The lowest BCUT2D eigenvalue weighted by Gasteiger charge is -2.15. The van der Waals surface area contributed by atoms with Crippen LogP contribution in [0, 0.1) is 6.92 Å². The van der Waals surface area contributed by atoms with Gasteiger partial charge in [0, 0.05) is 35.0 Å². The van der Waals surface area contributed by atoms with E-state index in [1.807, 2.05) is 18.0 Å². The zero-order valence-electron chi connectivity index (χ0n) is 12.7. The maximum absolute atomic E-state index is 5.68. The molecule has 2 aromatic rings. The smallest absolute Gasteiger partial charge is 0.0420 e. The Labute approximate surface area is 131 Å². The topological polar surface area (TPSA) is 50.9 Å². The fraction of sp³-hybridized carbons (Fsp3) is 0.353. The van der Waals surface area contributed by atoms with Crippen LogP contribution in [0.5, 0.6) is 0 Å². The molecular formula is C17H23N3S. The van der Waals surface area contributed by atoms with Gasteiger partial charge in [-0.1, -0.05) is 30.7 Å². The van der Waals surface area contributed by atoms with E-state index in [-0.39, 0.29) is 6.04 Å². The van der Waals surface area contributed by atoms with Gasteiger partial charge in [-0.25, -0.2) is 0 Å². The molecule has 1 heterocycles. The van der Waals surface area contributed by atoms with Crippen LogP contribution in [-0.4, -0.2) is 16.8 Å². The summed E-state index contributed by atoms with van der Waals surface area (Å²) < 4.78 is 0. The molecule has 112 valence electrons. The molecule has 3 N–H and O–H groups in total. The molecule has 0 bridgehead atoms. The van der Waals surface area contributed by atoms with E-state index in [1.165, 1.54) is 16.0 Å². The molecule has 0 aliphatic carbocycles. The van der Waals surface area contributed by atoms with E-state index >= 15 is 0 Å². The quantitative estimate of drug-likeness (QED) is 0.469. The van der Waals surface area contributed by atoms with Gasteiger partial charge in [-0.15, -0.1) is 11.8 Å². The van der Waals surface area contributed by atoms with Gasteiger partial charge in [-0.05, 0) is 37.1 Å². The fourth-order valence-corrected chi connectivity index (χ4v) is 3.16. The molecule has 0 radical (unpaired) electrons. The zero-order valence-corrected chi connectivity index (χ0v) is 13.5. The van der Waals surface area contributed by atoms with Gasteiger partial charge in [0.2, 0.25) is 0 Å². The molecule has 3 nitrogen and oxygen atoms in total. The summed E-state index contributed by atoms with van der Waals surface area (Å²) in [5.41, 5.74) is 6.54. The van der Waals surface area contributed by atoms with Crippen molar-refractivity contribution in [3.63, 3.8) is 0 Å². The lowest BCUT2D eigenvalue weighted by Crippen LogP contribution is -2.38. The third-order valence-electron chi connectivity index (χ3n) is 3.43. The summed E-state index contributed by atoms with van der Waals surface area (Å²) in [5, 5.41) is 0. The zero-order chi connectivity index (χ0) is 15.1. The van der Waals surface area contributed by atoms with Crippen molar-refractivity contribution < 1.29 is 0 Å². The van der Waals surface area contributed by atoms with Crippen LogP contribution in [0.1, 0.15) is 23.7 Å². The Balaban J connectivity index is 1.90. The van der Waals surface area contributed by atoms with Gasteiger partial charge in [0.05, 0.1) is 0 Å². The first-order chi connectivity index (χ1) is 10.2. The van der Waals surface area contributed by atoms with Crippen LogP contribution in [0.15, 0.2) is 47.5 Å². The minimum absolute atomic E-state index is 0.218. The number of hydrazine groups is 1. The molecule has 0 aliphatic rings. The van der Waals surface area contributed by atoms with Gasteiger partial charge in [-0.3, -0.25) is 16.3 Å². The average Bonchev–Trinajstić information content (AvgIpc) is 2.52. The van der Waals surface area contributed by atoms with Gasteiger partial charge in [0.15, 0.2) is 0 Å². The molecule has 0 aliphatic heterocycles. The van der Waals surface area contributed by atoms with Gasteiger partial charge in [-0.2, -0.15) is 0 Å². The van der Waals surface area contributed by atoms with Gasteiger partial charge < -0.3 is 0 Å². The molecule has 2 rings (SSSR count). The second-order valence-electron chi connectivity index (χ2n) is 5.21. The molecule has 0 saturated carbocycles. The minimum atomic E-state index is 0.218. The highest BCUT2D eigenvalue weighted by atomic mass is 32.2. The number of aromatic nitrogens is 1. The van der Waals surface area contributed by atoms with Crippen molar-refractivity contribution in [1.29, 1.82) is 0 Å². The van der Waals surface area contributed by atoms with Crippen LogP contribution >= 0.6 is 11.8 Å². The Morgan fingerprint density at radius 2 is 2.14 bits per heavy atom. The third-order valence-corrected chi connectivity index (χ3v) is 4.58. The summed E-state index contributed by atoms with van der Waals surface area (Å²) in [6, 6.07) is 13.0. The van der Waals surface area contributed by atoms with Crippen molar-refractivity contribution in [2.75, 3.05) is 5.75 Å². The fourth-order valence-electron chi connectivity index (χ4n) is 2.11. The molecule has 1 aromatic heterocycles. The Bertz CT molecular complexity index is 554. The van der Waals surface area contributed by atoms with Gasteiger partial charge >= 0.3 is 0 Å². The summed E-state index contributed by atoms with van der Waals surface area (Å²) in [6.45, 7) is 4.25. The summed E-state index contributed by atoms with van der Waals surface area (Å²) in [5.74, 6) is 6.61. The number of hydrogen-bond donors (Lipinski definition) is 2. The van der Waals surface area contributed by atoms with Crippen LogP contribution in [-0.2, 0) is 12.8 Å². The first-order valence-corrected chi connectivity index (χ1v) is 8.29. The number of nitrogens with one attached hydrogen (secondary N) is 1. The summed E-state index contributed by atoms with van der Waals surface area (Å²) in [4.78, 5) is 5.78. The van der Waals surface area contributed by atoms with Gasteiger partial charge in [0.25, 0.3) is 0 Å². The number of rotatable bonds is 7. The molecule has 0 amide bonds. The Kier molecular flexibility index (Phi) is 6.23. The Hall–Kier alpha value is -1.36. The van der Waals surface area contributed by atoms with Crippen LogP contribution in [0.3, 0.4) is 0 Å². The molecule has 0 fully saturated rings. The molecule has 1 unspecified atom stereocenters. The van der Waals surface area contributed by atoms with E-state index in [1.54, 1.807) is 0 Å². The summed E-state index contributed by atoms with van der Waals surface area (Å²) >= 11 is 1.82. The Morgan fingerprint density at radius 1 is 1.29 bits per heavy atom. The standard InChI is InChI=1S/C17H23N3S/c1-3-14-7-8-15(19-11-14)10-16(20-18)12-21-17-6-4-5-13(2)9-17/h4-9,11,16,20H,3,10,12,18H2,1-2H3. The molecule has 21 heavy (non-hydrogen) atoms. The number of aryl methyl sites for hydroxylation is 2. The number of hydrogen-bond acceptors (Lipinski definition) is 4. The largest absolute Gasteiger partial charge is 0.271 e. The van der Waals surface area contributed by atoms with Crippen LogP contribution in [0.25, 0.3) is 0 Å². The monoisotopic (exact) mass is 301 g/mol. The highest BCUT2D eigenvalue weighted by Crippen LogP contribution is 2.20. The van der Waals surface area contributed by atoms with Crippen LogP contribution in [0.4, 0.5) is 0 Å². The van der Waals surface area contributed by atoms with Crippen molar-refractivity contribution >= 4 is 11.8 Å². The lowest BCUT2D eigenvalue weighted by molar-refractivity contribution is 0.569. The van der Waals surface area contributed by atoms with E-state index in [0.29, 0.717) is 0 Å². The average molecular weight is 301 g/mol.